The van der Waals surface area contributed by atoms with E-state index in [1.165, 1.54) is 33.2 Å². The number of hydrogen-bond acceptors (Lipinski definition) is 0. The van der Waals surface area contributed by atoms with Gasteiger partial charge in [-0.3, -0.25) is 0 Å². The van der Waals surface area contributed by atoms with Gasteiger partial charge in [0.05, 0.1) is 22.1 Å². The minimum atomic E-state index is -0.248. The van der Waals surface area contributed by atoms with Crippen LogP contribution in [0.4, 0.5) is 4.39 Å². The summed E-state index contributed by atoms with van der Waals surface area (Å²) in [6.45, 7) is 2.12. The molecule has 0 saturated carbocycles. The second-order valence-corrected chi connectivity index (χ2v) is 13.7. The summed E-state index contributed by atoms with van der Waals surface area (Å²) < 4.78 is 19.5. The number of hydrogen-bond donors (Lipinski definition) is 0. The van der Waals surface area contributed by atoms with Crippen LogP contribution in [0.2, 0.25) is 0 Å². The molecule has 2 aromatic heterocycles. The molecule has 0 bridgehead atoms. The van der Waals surface area contributed by atoms with Gasteiger partial charge in [-0.05, 0) is 113 Å². The summed E-state index contributed by atoms with van der Waals surface area (Å²) >= 11 is 0. The van der Waals surface area contributed by atoms with Gasteiger partial charge in [0.15, 0.2) is 0 Å². The number of fused-ring (bicyclic) bond motifs is 6. The van der Waals surface area contributed by atoms with Crippen molar-refractivity contribution in [1.82, 2.24) is 9.13 Å². The normalized spacial score (nSPS) is 11.7. The minimum absolute atomic E-state index is 0.248. The van der Waals surface area contributed by atoms with Gasteiger partial charge in [-0.2, -0.15) is 0 Å². The molecule has 0 unspecified atom stereocenters. The Hall–Kier alpha value is -6.71. The molecule has 0 aliphatic heterocycles. The molecule has 2 nitrogen and oxygen atoms in total. The Kier molecular flexibility index (Phi) is 6.94. The number of rotatable bonds is 5. The molecule has 2 heterocycles. The number of nitrogens with zero attached hydrogens (tertiary/aromatic N) is 2. The van der Waals surface area contributed by atoms with Crippen molar-refractivity contribution in [3.63, 3.8) is 0 Å². The molecule has 0 spiro atoms. The zero-order valence-electron chi connectivity index (χ0n) is 28.6. The van der Waals surface area contributed by atoms with E-state index in [2.05, 4.69) is 174 Å². The summed E-state index contributed by atoms with van der Waals surface area (Å²) in [5.41, 5.74) is 14.1. The molecule has 0 aliphatic carbocycles. The zero-order chi connectivity index (χ0) is 34.8. The molecule has 0 fully saturated rings. The second-order valence-electron chi connectivity index (χ2n) is 13.7. The van der Waals surface area contributed by atoms with Crippen LogP contribution in [0, 0.1) is 12.7 Å². The Bertz CT molecular complexity index is 2690. The zero-order valence-corrected chi connectivity index (χ0v) is 28.6. The lowest BCUT2D eigenvalue weighted by molar-refractivity contribution is 0.628. The number of halogens is 1. The van der Waals surface area contributed by atoms with Crippen LogP contribution >= 0.6 is 0 Å². The molecule has 52 heavy (non-hydrogen) atoms. The third kappa shape index (κ3) is 4.93. The third-order valence-electron chi connectivity index (χ3n) is 10.4. The van der Waals surface area contributed by atoms with Crippen LogP contribution in [0.25, 0.3) is 88.4 Å². The number of para-hydroxylation sites is 4. The Labute approximate surface area is 301 Å². The highest BCUT2D eigenvalue weighted by Gasteiger charge is 2.18. The lowest BCUT2D eigenvalue weighted by Crippen LogP contribution is -2.00. The van der Waals surface area contributed by atoms with Crippen molar-refractivity contribution in [2.45, 2.75) is 6.92 Å². The maximum absolute atomic E-state index is 14.7. The van der Waals surface area contributed by atoms with Crippen LogP contribution in [0.1, 0.15) is 5.56 Å². The molecular formula is C49H33FN2. The van der Waals surface area contributed by atoms with Crippen molar-refractivity contribution >= 4 is 43.6 Å². The second kappa shape index (κ2) is 12.0. The van der Waals surface area contributed by atoms with Crippen molar-refractivity contribution in [3.8, 4) is 44.8 Å². The van der Waals surface area contributed by atoms with Crippen molar-refractivity contribution in [2.75, 3.05) is 0 Å². The van der Waals surface area contributed by atoms with E-state index in [1.54, 1.807) is 12.1 Å². The van der Waals surface area contributed by atoms with Gasteiger partial charge in [0.2, 0.25) is 0 Å². The SMILES string of the molecule is Cc1cccc(-c2cc(-c3cccc(F)c3)cc(-c3cc(-n4c5ccccc5c5ccccc54)cc(-n4c5ccccc5c5ccccc54)c3)c2)c1. The first-order chi connectivity index (χ1) is 25.6. The van der Waals surface area contributed by atoms with Gasteiger partial charge in [0.25, 0.3) is 0 Å². The van der Waals surface area contributed by atoms with Crippen molar-refractivity contribution in [1.29, 1.82) is 0 Å². The van der Waals surface area contributed by atoms with E-state index in [4.69, 9.17) is 0 Å². The Morgan fingerprint density at radius 1 is 0.327 bits per heavy atom. The lowest BCUT2D eigenvalue weighted by atomic mass is 9.92. The van der Waals surface area contributed by atoms with Gasteiger partial charge in [-0.1, -0.05) is 115 Å². The Balaban J connectivity index is 1.31. The first-order valence-electron chi connectivity index (χ1n) is 17.7. The van der Waals surface area contributed by atoms with Gasteiger partial charge in [0.1, 0.15) is 5.82 Å². The molecule has 0 amide bonds. The van der Waals surface area contributed by atoms with Gasteiger partial charge in [-0.25, -0.2) is 4.39 Å². The average Bonchev–Trinajstić information content (AvgIpc) is 3.71. The van der Waals surface area contributed by atoms with E-state index in [-0.39, 0.29) is 5.82 Å². The Morgan fingerprint density at radius 2 is 0.712 bits per heavy atom. The monoisotopic (exact) mass is 668 g/mol. The fourth-order valence-electron chi connectivity index (χ4n) is 8.04. The molecule has 246 valence electrons. The lowest BCUT2D eigenvalue weighted by Gasteiger charge is -2.17. The molecule has 8 aromatic carbocycles. The predicted octanol–water partition coefficient (Wildman–Crippen LogP) is 13.3. The first kappa shape index (κ1) is 30.1. The maximum atomic E-state index is 14.7. The van der Waals surface area contributed by atoms with Crippen LogP contribution in [0.3, 0.4) is 0 Å². The minimum Gasteiger partial charge on any atom is -0.309 e. The smallest absolute Gasteiger partial charge is 0.123 e. The van der Waals surface area contributed by atoms with E-state index in [1.807, 2.05) is 6.07 Å². The van der Waals surface area contributed by atoms with Crippen LogP contribution < -0.4 is 0 Å². The summed E-state index contributed by atoms with van der Waals surface area (Å²) in [7, 11) is 0. The summed E-state index contributed by atoms with van der Waals surface area (Å²) in [6.07, 6.45) is 0. The summed E-state index contributed by atoms with van der Waals surface area (Å²) in [5, 5.41) is 4.88. The predicted molar refractivity (Wildman–Crippen MR) is 216 cm³/mol. The van der Waals surface area contributed by atoms with Gasteiger partial charge in [-0.15, -0.1) is 0 Å². The standard InChI is InChI=1S/C49H33FN2/c1-32-12-10-13-33(24-32)35-25-36(34-14-11-15-39(50)28-34)27-37(26-35)38-29-40(51-46-20-6-2-16-42(46)43-17-3-7-21-47(43)51)31-41(30-38)52-48-22-8-4-18-44(48)45-19-5-9-23-49(45)52/h2-31H,1H3. The number of aromatic nitrogens is 2. The molecule has 10 rings (SSSR count). The van der Waals surface area contributed by atoms with E-state index in [9.17, 15) is 4.39 Å². The highest BCUT2D eigenvalue weighted by molar-refractivity contribution is 6.10. The number of aryl methyl sites for hydroxylation is 1. The van der Waals surface area contributed by atoms with Gasteiger partial charge < -0.3 is 9.13 Å². The van der Waals surface area contributed by atoms with Gasteiger partial charge >= 0.3 is 0 Å². The van der Waals surface area contributed by atoms with Crippen molar-refractivity contribution in [2.24, 2.45) is 0 Å². The molecule has 10 aromatic rings. The topological polar surface area (TPSA) is 9.86 Å². The number of benzene rings is 8. The molecule has 0 aliphatic rings. The van der Waals surface area contributed by atoms with Crippen LogP contribution in [0.5, 0.6) is 0 Å². The van der Waals surface area contributed by atoms with E-state index in [0.717, 1.165) is 66.8 Å². The quantitative estimate of drug-likeness (QED) is 0.173. The van der Waals surface area contributed by atoms with Crippen molar-refractivity contribution in [3.05, 3.63) is 193 Å². The highest BCUT2D eigenvalue weighted by atomic mass is 19.1. The van der Waals surface area contributed by atoms with E-state index in [0.29, 0.717) is 0 Å². The van der Waals surface area contributed by atoms with Gasteiger partial charge in [0, 0.05) is 32.9 Å². The molecule has 3 heteroatoms. The molecule has 0 atom stereocenters. The van der Waals surface area contributed by atoms with Crippen LogP contribution in [-0.4, -0.2) is 9.13 Å². The summed E-state index contributed by atoms with van der Waals surface area (Å²) in [5.74, 6) is -0.248. The summed E-state index contributed by atoms with van der Waals surface area (Å²) in [6, 6.07) is 63.7. The fourth-order valence-corrected chi connectivity index (χ4v) is 8.04. The van der Waals surface area contributed by atoms with E-state index >= 15 is 0 Å². The van der Waals surface area contributed by atoms with Crippen LogP contribution in [0.15, 0.2) is 182 Å². The molecular weight excluding hydrogens is 636 g/mol. The molecule has 0 N–H and O–H groups in total. The first-order valence-corrected chi connectivity index (χ1v) is 17.7. The molecule has 0 saturated heterocycles. The van der Waals surface area contributed by atoms with E-state index < -0.39 is 0 Å². The third-order valence-corrected chi connectivity index (χ3v) is 10.4. The molecule has 0 radical (unpaired) electrons. The summed E-state index contributed by atoms with van der Waals surface area (Å²) in [4.78, 5) is 0. The largest absolute Gasteiger partial charge is 0.309 e. The fraction of sp³-hybridized carbons (Fsp3) is 0.0204. The van der Waals surface area contributed by atoms with Crippen LogP contribution in [-0.2, 0) is 0 Å². The Morgan fingerprint density at radius 3 is 1.15 bits per heavy atom. The highest BCUT2D eigenvalue weighted by Crippen LogP contribution is 2.40. The average molecular weight is 669 g/mol. The maximum Gasteiger partial charge on any atom is 0.123 e. The van der Waals surface area contributed by atoms with Crippen molar-refractivity contribution < 1.29 is 4.39 Å².